The monoisotopic (exact) mass is 444 g/mol. The Bertz CT molecular complexity index is 1160. The van der Waals surface area contributed by atoms with Crippen molar-refractivity contribution in [3.63, 3.8) is 0 Å². The molecule has 0 bridgehead atoms. The molecule has 8 heteroatoms. The lowest BCUT2D eigenvalue weighted by Gasteiger charge is -2.20. The Morgan fingerprint density at radius 1 is 1.03 bits per heavy atom. The summed E-state index contributed by atoms with van der Waals surface area (Å²) < 4.78 is 12.5. The Morgan fingerprint density at radius 3 is 2.67 bits per heavy atom. The number of hydrogen-bond acceptors (Lipinski definition) is 4. The maximum Gasteiger partial charge on any atom is 0.253 e. The standard InChI is InChI=1S/C22H18Cl2N2O4/c23-17-4-2-1-3-15(17)12-26-13-16(5-6-20(26)27)22(28)25-11-14-9-18(24)21-19(10-14)29-7-8-30-21/h1-6,9-10,13H,7-8,11-12H2,(H,25,28). The van der Waals surface area contributed by atoms with Crippen LogP contribution in [0, 0.1) is 0 Å². The molecule has 6 nitrogen and oxygen atoms in total. The smallest absolute Gasteiger partial charge is 0.253 e. The summed E-state index contributed by atoms with van der Waals surface area (Å²) in [6, 6.07) is 13.7. The fourth-order valence-corrected chi connectivity index (χ4v) is 3.63. The number of aromatic nitrogens is 1. The first kappa shape index (κ1) is 20.3. The van der Waals surface area contributed by atoms with Crippen LogP contribution in [0.2, 0.25) is 10.0 Å². The van der Waals surface area contributed by atoms with Gasteiger partial charge in [-0.3, -0.25) is 9.59 Å². The molecule has 1 aliphatic heterocycles. The van der Waals surface area contributed by atoms with Gasteiger partial charge in [-0.05, 0) is 35.4 Å². The van der Waals surface area contributed by atoms with E-state index >= 15 is 0 Å². The number of rotatable bonds is 5. The van der Waals surface area contributed by atoms with Gasteiger partial charge in [0.1, 0.15) is 13.2 Å². The lowest BCUT2D eigenvalue weighted by Crippen LogP contribution is -2.26. The zero-order valence-electron chi connectivity index (χ0n) is 15.9. The molecule has 0 spiro atoms. The first-order valence-corrected chi connectivity index (χ1v) is 10.1. The normalized spacial score (nSPS) is 12.5. The third kappa shape index (κ3) is 4.45. The molecule has 1 aromatic heterocycles. The first-order valence-electron chi connectivity index (χ1n) is 9.31. The average molecular weight is 445 g/mol. The van der Waals surface area contributed by atoms with E-state index in [2.05, 4.69) is 5.32 Å². The van der Waals surface area contributed by atoms with Crippen LogP contribution in [-0.2, 0) is 13.1 Å². The number of carbonyl (C=O) groups is 1. The molecule has 0 saturated heterocycles. The van der Waals surface area contributed by atoms with Gasteiger partial charge >= 0.3 is 0 Å². The van der Waals surface area contributed by atoms with Gasteiger partial charge < -0.3 is 19.4 Å². The van der Waals surface area contributed by atoms with Gasteiger partial charge in [-0.25, -0.2) is 0 Å². The van der Waals surface area contributed by atoms with E-state index < -0.39 is 0 Å². The van der Waals surface area contributed by atoms with Gasteiger partial charge in [0.25, 0.3) is 11.5 Å². The summed E-state index contributed by atoms with van der Waals surface area (Å²) in [7, 11) is 0. The van der Waals surface area contributed by atoms with E-state index in [1.54, 1.807) is 18.2 Å². The van der Waals surface area contributed by atoms with E-state index in [0.717, 1.165) is 11.1 Å². The second kappa shape index (κ2) is 8.81. The molecule has 154 valence electrons. The molecule has 0 atom stereocenters. The summed E-state index contributed by atoms with van der Waals surface area (Å²) in [5, 5.41) is 3.84. The highest BCUT2D eigenvalue weighted by molar-refractivity contribution is 6.32. The summed E-state index contributed by atoms with van der Waals surface area (Å²) in [6.45, 7) is 1.43. The minimum absolute atomic E-state index is 0.218. The highest BCUT2D eigenvalue weighted by atomic mass is 35.5. The van der Waals surface area contributed by atoms with Gasteiger partial charge in [0.05, 0.1) is 17.1 Å². The number of pyridine rings is 1. The lowest BCUT2D eigenvalue weighted by molar-refractivity contribution is 0.0950. The van der Waals surface area contributed by atoms with Crippen molar-refractivity contribution in [2.45, 2.75) is 13.1 Å². The number of nitrogens with zero attached hydrogens (tertiary/aromatic N) is 1. The van der Waals surface area contributed by atoms with E-state index in [9.17, 15) is 9.59 Å². The number of fused-ring (bicyclic) bond motifs is 1. The van der Waals surface area contributed by atoms with E-state index in [0.29, 0.717) is 40.3 Å². The molecular weight excluding hydrogens is 427 g/mol. The van der Waals surface area contributed by atoms with Crippen molar-refractivity contribution in [1.82, 2.24) is 9.88 Å². The zero-order chi connectivity index (χ0) is 21.1. The Kier molecular flexibility index (Phi) is 5.97. The van der Waals surface area contributed by atoms with Crippen molar-refractivity contribution < 1.29 is 14.3 Å². The van der Waals surface area contributed by atoms with Crippen LogP contribution in [0.15, 0.2) is 59.5 Å². The van der Waals surface area contributed by atoms with E-state index in [-0.39, 0.29) is 24.6 Å². The third-order valence-corrected chi connectivity index (χ3v) is 5.30. The van der Waals surface area contributed by atoms with Crippen molar-refractivity contribution >= 4 is 29.1 Å². The van der Waals surface area contributed by atoms with E-state index in [1.807, 2.05) is 18.2 Å². The van der Waals surface area contributed by atoms with Crippen molar-refractivity contribution in [2.24, 2.45) is 0 Å². The lowest BCUT2D eigenvalue weighted by atomic mass is 10.1. The topological polar surface area (TPSA) is 69.6 Å². The maximum atomic E-state index is 12.6. The summed E-state index contributed by atoms with van der Waals surface area (Å²) in [5.41, 5.74) is 1.72. The molecule has 2 aromatic carbocycles. The van der Waals surface area contributed by atoms with Gasteiger partial charge in [-0.1, -0.05) is 41.4 Å². The molecule has 30 heavy (non-hydrogen) atoms. The molecule has 2 heterocycles. The van der Waals surface area contributed by atoms with Crippen LogP contribution in [-0.4, -0.2) is 23.7 Å². The fraction of sp³-hybridized carbons (Fsp3) is 0.182. The SMILES string of the molecule is O=C(NCc1cc(Cl)c2c(c1)OCCO2)c1ccc(=O)n(Cc2ccccc2Cl)c1. The Morgan fingerprint density at radius 2 is 1.83 bits per heavy atom. The molecule has 0 unspecified atom stereocenters. The molecule has 1 N–H and O–H groups in total. The van der Waals surface area contributed by atoms with Gasteiger partial charge in [0.2, 0.25) is 0 Å². The summed E-state index contributed by atoms with van der Waals surface area (Å²) in [5.74, 6) is 0.768. The molecule has 0 saturated carbocycles. The Hall–Kier alpha value is -2.96. The molecule has 1 amide bonds. The molecule has 0 fully saturated rings. The van der Waals surface area contributed by atoms with Crippen molar-refractivity contribution in [1.29, 1.82) is 0 Å². The molecule has 0 aliphatic carbocycles. The van der Waals surface area contributed by atoms with Crippen LogP contribution in [0.25, 0.3) is 0 Å². The molecule has 0 radical (unpaired) electrons. The fourth-order valence-electron chi connectivity index (χ4n) is 3.15. The van der Waals surface area contributed by atoms with Crippen LogP contribution in [0.1, 0.15) is 21.5 Å². The summed E-state index contributed by atoms with van der Waals surface area (Å²) in [6.07, 6.45) is 1.53. The van der Waals surface area contributed by atoms with E-state index in [1.165, 1.54) is 22.9 Å². The number of nitrogens with one attached hydrogen (secondary N) is 1. The van der Waals surface area contributed by atoms with Crippen LogP contribution in [0.3, 0.4) is 0 Å². The molecule has 3 aromatic rings. The van der Waals surface area contributed by atoms with Crippen LogP contribution in [0.4, 0.5) is 0 Å². The highest BCUT2D eigenvalue weighted by Crippen LogP contribution is 2.38. The van der Waals surface area contributed by atoms with Crippen molar-refractivity contribution in [3.8, 4) is 11.5 Å². The predicted octanol–water partition coefficient (Wildman–Crippen LogP) is 3.90. The maximum absolute atomic E-state index is 12.6. The van der Waals surface area contributed by atoms with Crippen molar-refractivity contribution in [3.05, 3.63) is 91.8 Å². The number of ether oxygens (including phenoxy) is 2. The Balaban J connectivity index is 1.48. The quantitative estimate of drug-likeness (QED) is 0.647. The first-order chi connectivity index (χ1) is 14.5. The van der Waals surface area contributed by atoms with Crippen LogP contribution in [0.5, 0.6) is 11.5 Å². The predicted molar refractivity (Wildman–Crippen MR) is 115 cm³/mol. The number of hydrogen-bond donors (Lipinski definition) is 1. The van der Waals surface area contributed by atoms with Gasteiger partial charge in [0, 0.05) is 23.8 Å². The second-order valence-corrected chi connectivity index (χ2v) is 7.57. The molecule has 4 rings (SSSR count). The largest absolute Gasteiger partial charge is 0.486 e. The third-order valence-electron chi connectivity index (χ3n) is 4.65. The van der Waals surface area contributed by atoms with E-state index in [4.69, 9.17) is 32.7 Å². The number of halogens is 2. The summed E-state index contributed by atoms with van der Waals surface area (Å²) in [4.78, 5) is 24.8. The second-order valence-electron chi connectivity index (χ2n) is 6.76. The van der Waals surface area contributed by atoms with Crippen LogP contribution < -0.4 is 20.3 Å². The van der Waals surface area contributed by atoms with Crippen LogP contribution >= 0.6 is 23.2 Å². The molecule has 1 aliphatic rings. The number of amides is 1. The summed E-state index contributed by atoms with van der Waals surface area (Å²) >= 11 is 12.4. The average Bonchev–Trinajstić information content (AvgIpc) is 2.75. The molecular formula is C22H18Cl2N2O4. The Labute approximate surface area is 183 Å². The minimum Gasteiger partial charge on any atom is -0.486 e. The van der Waals surface area contributed by atoms with Gasteiger partial charge in [-0.2, -0.15) is 0 Å². The highest BCUT2D eigenvalue weighted by Gasteiger charge is 2.17. The minimum atomic E-state index is -0.311. The number of benzene rings is 2. The zero-order valence-corrected chi connectivity index (χ0v) is 17.4. The number of carbonyl (C=O) groups excluding carboxylic acids is 1. The van der Waals surface area contributed by atoms with Crippen molar-refractivity contribution in [2.75, 3.05) is 13.2 Å². The van der Waals surface area contributed by atoms with Gasteiger partial charge in [0.15, 0.2) is 11.5 Å². The van der Waals surface area contributed by atoms with Gasteiger partial charge in [-0.15, -0.1) is 0 Å².